The molecule has 0 saturated carbocycles. The van der Waals surface area contributed by atoms with Crippen LogP contribution in [0.5, 0.6) is 0 Å². The van der Waals surface area contributed by atoms with Crippen LogP contribution in [0.3, 0.4) is 0 Å². The Bertz CT molecular complexity index is 290. The van der Waals surface area contributed by atoms with E-state index in [2.05, 4.69) is 0 Å². The van der Waals surface area contributed by atoms with Crippen molar-refractivity contribution in [1.82, 2.24) is 0 Å². The van der Waals surface area contributed by atoms with Crippen molar-refractivity contribution in [3.63, 3.8) is 0 Å². The van der Waals surface area contributed by atoms with Crippen LogP contribution in [0.2, 0.25) is 0 Å². The first-order valence-electron chi connectivity index (χ1n) is 3.84. The lowest BCUT2D eigenvalue weighted by Crippen LogP contribution is -2.01. The van der Waals surface area contributed by atoms with Gasteiger partial charge in [-0.05, 0) is 12.1 Å². The van der Waals surface area contributed by atoms with E-state index < -0.39 is 5.97 Å². The van der Waals surface area contributed by atoms with Crippen molar-refractivity contribution in [2.45, 2.75) is 5.75 Å². The van der Waals surface area contributed by atoms with Crippen LogP contribution in [0, 0.1) is 0 Å². The Morgan fingerprint density at radius 3 is 2.79 bits per heavy atom. The van der Waals surface area contributed by atoms with Crippen molar-refractivity contribution >= 4 is 30.1 Å². The third-order valence-electron chi connectivity index (χ3n) is 1.38. The van der Waals surface area contributed by atoms with Gasteiger partial charge in [0.25, 0.3) is 0 Å². The van der Waals surface area contributed by atoms with Gasteiger partial charge in [0, 0.05) is 12.3 Å². The van der Waals surface area contributed by atoms with Crippen LogP contribution in [-0.4, -0.2) is 23.4 Å². The van der Waals surface area contributed by atoms with Crippen molar-refractivity contribution in [2.75, 3.05) is 12.3 Å². The summed E-state index contributed by atoms with van der Waals surface area (Å²) in [6, 6.07) is 3.13. The minimum Gasteiger partial charge on any atom is -0.475 e. The van der Waals surface area contributed by atoms with Crippen LogP contribution >= 0.6 is 24.2 Å². The number of aromatic carboxylic acids is 1. The minimum atomic E-state index is -1.03. The summed E-state index contributed by atoms with van der Waals surface area (Å²) in [5.74, 6) is 1.15. The van der Waals surface area contributed by atoms with Gasteiger partial charge in [-0.15, -0.1) is 12.4 Å². The van der Waals surface area contributed by atoms with Gasteiger partial charge in [0.05, 0.1) is 5.75 Å². The highest BCUT2D eigenvalue weighted by Crippen LogP contribution is 2.14. The first-order valence-corrected chi connectivity index (χ1v) is 4.99. The molecule has 0 aliphatic heterocycles. The molecule has 0 radical (unpaired) electrons. The molecule has 4 nitrogen and oxygen atoms in total. The maximum Gasteiger partial charge on any atom is 0.371 e. The number of furan rings is 1. The molecule has 1 aromatic heterocycles. The van der Waals surface area contributed by atoms with Crippen LogP contribution in [0.4, 0.5) is 0 Å². The SMILES string of the molecule is Cl.NCCSCc1ccc(C(=O)O)o1. The van der Waals surface area contributed by atoms with E-state index in [1.54, 1.807) is 17.8 Å². The van der Waals surface area contributed by atoms with E-state index in [0.717, 1.165) is 5.75 Å². The van der Waals surface area contributed by atoms with Crippen molar-refractivity contribution in [3.05, 3.63) is 23.7 Å². The molecule has 1 heterocycles. The predicted molar refractivity (Wildman–Crippen MR) is 58.1 cm³/mol. The molecule has 0 saturated heterocycles. The monoisotopic (exact) mass is 237 g/mol. The van der Waals surface area contributed by atoms with Crippen LogP contribution in [0.25, 0.3) is 0 Å². The molecule has 14 heavy (non-hydrogen) atoms. The average Bonchev–Trinajstić information content (AvgIpc) is 2.53. The lowest BCUT2D eigenvalue weighted by molar-refractivity contribution is 0.0661. The first kappa shape index (κ1) is 13.4. The number of halogens is 1. The fourth-order valence-electron chi connectivity index (χ4n) is 0.827. The molecule has 3 N–H and O–H groups in total. The van der Waals surface area contributed by atoms with Gasteiger partial charge in [0.15, 0.2) is 0 Å². The van der Waals surface area contributed by atoms with E-state index in [0.29, 0.717) is 18.1 Å². The molecule has 0 spiro atoms. The number of hydrogen-bond acceptors (Lipinski definition) is 4. The summed E-state index contributed by atoms with van der Waals surface area (Å²) in [5.41, 5.74) is 5.30. The Morgan fingerprint density at radius 1 is 1.57 bits per heavy atom. The van der Waals surface area contributed by atoms with Gasteiger partial charge in [-0.25, -0.2) is 4.79 Å². The van der Waals surface area contributed by atoms with Gasteiger partial charge in [0.2, 0.25) is 5.76 Å². The second kappa shape index (κ2) is 6.75. The minimum absolute atomic E-state index is 0. The third-order valence-corrected chi connectivity index (χ3v) is 2.39. The molecule has 0 aromatic carbocycles. The summed E-state index contributed by atoms with van der Waals surface area (Å²) in [6.45, 7) is 0.622. The smallest absolute Gasteiger partial charge is 0.371 e. The van der Waals surface area contributed by atoms with Gasteiger partial charge >= 0.3 is 5.97 Å². The fraction of sp³-hybridized carbons (Fsp3) is 0.375. The molecule has 1 rings (SSSR count). The molecule has 0 aliphatic rings. The quantitative estimate of drug-likeness (QED) is 0.761. The maximum atomic E-state index is 10.4. The zero-order chi connectivity index (χ0) is 9.68. The van der Waals surface area contributed by atoms with Crippen LogP contribution in [0.15, 0.2) is 16.5 Å². The van der Waals surface area contributed by atoms with E-state index >= 15 is 0 Å². The Hall–Kier alpha value is -0.650. The largest absolute Gasteiger partial charge is 0.475 e. The summed E-state index contributed by atoms with van der Waals surface area (Å²) in [4.78, 5) is 10.4. The van der Waals surface area contributed by atoms with Crippen molar-refractivity contribution < 1.29 is 14.3 Å². The second-order valence-corrected chi connectivity index (χ2v) is 3.52. The van der Waals surface area contributed by atoms with E-state index in [1.807, 2.05) is 0 Å². The van der Waals surface area contributed by atoms with Gasteiger partial charge in [-0.2, -0.15) is 11.8 Å². The summed E-state index contributed by atoms with van der Waals surface area (Å²) >= 11 is 1.62. The van der Waals surface area contributed by atoms with Crippen LogP contribution in [0.1, 0.15) is 16.3 Å². The third kappa shape index (κ3) is 4.04. The number of carbonyl (C=O) groups is 1. The van der Waals surface area contributed by atoms with Gasteiger partial charge < -0.3 is 15.3 Å². The van der Waals surface area contributed by atoms with Gasteiger partial charge in [-0.1, -0.05) is 0 Å². The molecule has 0 unspecified atom stereocenters. The molecule has 0 atom stereocenters. The normalized spacial score (nSPS) is 9.50. The lowest BCUT2D eigenvalue weighted by Gasteiger charge is -1.94. The van der Waals surface area contributed by atoms with Crippen molar-refractivity contribution in [1.29, 1.82) is 0 Å². The first-order chi connectivity index (χ1) is 6.24. The molecule has 0 bridgehead atoms. The molecular weight excluding hydrogens is 226 g/mol. The Balaban J connectivity index is 0.00000169. The number of carboxylic acid groups (broad SMARTS) is 1. The zero-order valence-corrected chi connectivity index (χ0v) is 9.07. The van der Waals surface area contributed by atoms with E-state index in [1.165, 1.54) is 6.07 Å². The lowest BCUT2D eigenvalue weighted by atomic mass is 10.4. The highest BCUT2D eigenvalue weighted by Gasteiger charge is 2.08. The molecular formula is C8H12ClNO3S. The molecule has 0 amide bonds. The number of thioether (sulfide) groups is 1. The number of nitrogens with two attached hydrogens (primary N) is 1. The van der Waals surface area contributed by atoms with Gasteiger partial charge in [-0.3, -0.25) is 0 Å². The number of hydrogen-bond donors (Lipinski definition) is 2. The standard InChI is InChI=1S/C8H11NO3S.ClH/c9-3-4-13-5-6-1-2-7(12-6)8(10)11;/h1-2H,3-5,9H2,(H,10,11);1H. The maximum absolute atomic E-state index is 10.4. The molecule has 6 heteroatoms. The molecule has 0 aliphatic carbocycles. The van der Waals surface area contributed by atoms with Gasteiger partial charge in [0.1, 0.15) is 5.76 Å². The highest BCUT2D eigenvalue weighted by molar-refractivity contribution is 7.98. The Labute approximate surface area is 92.3 Å². The second-order valence-electron chi connectivity index (χ2n) is 2.41. The summed E-state index contributed by atoms with van der Waals surface area (Å²) < 4.78 is 5.03. The van der Waals surface area contributed by atoms with Crippen molar-refractivity contribution in [3.8, 4) is 0 Å². The highest BCUT2D eigenvalue weighted by atomic mass is 35.5. The number of carboxylic acids is 1. The Morgan fingerprint density at radius 2 is 2.29 bits per heavy atom. The van der Waals surface area contributed by atoms with E-state index in [-0.39, 0.29) is 18.2 Å². The Kier molecular flexibility index (Phi) is 6.44. The number of rotatable bonds is 5. The van der Waals surface area contributed by atoms with Crippen LogP contribution < -0.4 is 5.73 Å². The van der Waals surface area contributed by atoms with E-state index in [9.17, 15) is 4.79 Å². The predicted octanol–water partition coefficient (Wildman–Crippen LogP) is 1.59. The summed E-state index contributed by atoms with van der Waals surface area (Å²) in [7, 11) is 0. The summed E-state index contributed by atoms with van der Waals surface area (Å²) in [5, 5.41) is 8.55. The summed E-state index contributed by atoms with van der Waals surface area (Å²) in [6.07, 6.45) is 0. The topological polar surface area (TPSA) is 76.5 Å². The average molecular weight is 238 g/mol. The van der Waals surface area contributed by atoms with E-state index in [4.69, 9.17) is 15.3 Å². The van der Waals surface area contributed by atoms with Crippen LogP contribution in [-0.2, 0) is 5.75 Å². The van der Waals surface area contributed by atoms with Crippen molar-refractivity contribution in [2.24, 2.45) is 5.73 Å². The fourth-order valence-corrected chi connectivity index (χ4v) is 1.49. The zero-order valence-electron chi connectivity index (χ0n) is 7.43. The molecule has 80 valence electrons. The molecule has 0 fully saturated rings. The molecule has 1 aromatic rings.